The van der Waals surface area contributed by atoms with Gasteiger partial charge in [-0.2, -0.15) is 0 Å². The van der Waals surface area contributed by atoms with Crippen molar-refractivity contribution >= 4 is 45.2 Å². The van der Waals surface area contributed by atoms with Crippen molar-refractivity contribution in [3.05, 3.63) is 84.9 Å². The lowest BCUT2D eigenvalue weighted by molar-refractivity contribution is 1.16. The molecule has 0 atom stereocenters. The fourth-order valence-corrected chi connectivity index (χ4v) is 3.87. The first kappa shape index (κ1) is 13.7. The Morgan fingerprint density at radius 2 is 1.42 bits per heavy atom. The Morgan fingerprint density at radius 1 is 0.625 bits per heavy atom. The molecule has 4 aromatic carbocycles. The van der Waals surface area contributed by atoms with Gasteiger partial charge in [0.15, 0.2) is 0 Å². The quantitative estimate of drug-likeness (QED) is 0.349. The molecule has 0 bridgehead atoms. The maximum atomic E-state index is 4.52. The molecule has 0 radical (unpaired) electrons. The number of benzene rings is 4. The third kappa shape index (κ3) is 1.90. The maximum Gasteiger partial charge on any atom is 0.0547 e. The molecule has 0 spiro atoms. The number of para-hydroxylation sites is 1. The van der Waals surface area contributed by atoms with Crippen LogP contribution in [0.5, 0.6) is 0 Å². The smallest absolute Gasteiger partial charge is 0.0547 e. The second-order valence-corrected chi connectivity index (χ2v) is 6.57. The van der Waals surface area contributed by atoms with Crippen LogP contribution in [0, 0.1) is 0 Å². The summed E-state index contributed by atoms with van der Waals surface area (Å²) in [6, 6.07) is 30.0. The van der Waals surface area contributed by atoms with Gasteiger partial charge >= 0.3 is 0 Å². The molecule has 0 aliphatic carbocycles. The molecule has 1 aromatic heterocycles. The molecule has 1 nitrogen and oxygen atoms in total. The van der Waals surface area contributed by atoms with E-state index in [0.717, 1.165) is 10.6 Å². The van der Waals surface area contributed by atoms with Gasteiger partial charge in [0.05, 0.1) is 11.0 Å². The SMILES string of the molecule is Sc1cccc(-n2c3ccccc3c3c4ccccc4ccc32)c1. The van der Waals surface area contributed by atoms with E-state index in [2.05, 4.69) is 96.1 Å². The Kier molecular flexibility index (Phi) is 2.94. The number of hydrogen-bond donors (Lipinski definition) is 1. The summed E-state index contributed by atoms with van der Waals surface area (Å²) in [6.45, 7) is 0. The largest absolute Gasteiger partial charge is 0.309 e. The van der Waals surface area contributed by atoms with E-state index in [-0.39, 0.29) is 0 Å². The molecule has 2 heteroatoms. The molecule has 114 valence electrons. The van der Waals surface area contributed by atoms with Gasteiger partial charge in [-0.3, -0.25) is 0 Å². The van der Waals surface area contributed by atoms with E-state index in [0.29, 0.717) is 0 Å². The number of aromatic nitrogens is 1. The highest BCUT2D eigenvalue weighted by atomic mass is 32.1. The molecule has 0 saturated carbocycles. The van der Waals surface area contributed by atoms with Crippen molar-refractivity contribution in [3.63, 3.8) is 0 Å². The Bertz CT molecular complexity index is 1220. The summed E-state index contributed by atoms with van der Waals surface area (Å²) < 4.78 is 2.33. The number of nitrogens with zero attached hydrogens (tertiary/aromatic N) is 1. The predicted octanol–water partition coefficient (Wildman–Crippen LogP) is 6.23. The van der Waals surface area contributed by atoms with Crippen LogP contribution < -0.4 is 0 Å². The summed E-state index contributed by atoms with van der Waals surface area (Å²) in [5.41, 5.74) is 3.60. The van der Waals surface area contributed by atoms with Crippen LogP contribution in [0.15, 0.2) is 89.8 Å². The minimum atomic E-state index is 0.972. The van der Waals surface area contributed by atoms with Crippen LogP contribution in [0.3, 0.4) is 0 Å². The molecular formula is C22H15NS. The van der Waals surface area contributed by atoms with Gasteiger partial charge in [0, 0.05) is 21.4 Å². The normalized spacial score (nSPS) is 11.5. The van der Waals surface area contributed by atoms with Gasteiger partial charge in [0.2, 0.25) is 0 Å². The number of rotatable bonds is 1. The van der Waals surface area contributed by atoms with Crippen LogP contribution in [-0.2, 0) is 0 Å². The second-order valence-electron chi connectivity index (χ2n) is 6.05. The van der Waals surface area contributed by atoms with Crippen molar-refractivity contribution in [2.75, 3.05) is 0 Å². The highest BCUT2D eigenvalue weighted by molar-refractivity contribution is 7.80. The van der Waals surface area contributed by atoms with E-state index in [1.54, 1.807) is 0 Å². The average Bonchev–Trinajstić information content (AvgIpc) is 2.96. The van der Waals surface area contributed by atoms with Crippen molar-refractivity contribution in [2.24, 2.45) is 0 Å². The van der Waals surface area contributed by atoms with Crippen molar-refractivity contribution in [2.45, 2.75) is 4.90 Å². The molecule has 5 rings (SSSR count). The van der Waals surface area contributed by atoms with Gasteiger partial charge in [0.1, 0.15) is 0 Å². The molecule has 0 aliphatic rings. The summed E-state index contributed by atoms with van der Waals surface area (Å²) in [5, 5.41) is 5.17. The highest BCUT2D eigenvalue weighted by Crippen LogP contribution is 2.36. The van der Waals surface area contributed by atoms with Gasteiger partial charge in [-0.15, -0.1) is 12.6 Å². The van der Waals surface area contributed by atoms with Crippen molar-refractivity contribution in [1.29, 1.82) is 0 Å². The summed E-state index contributed by atoms with van der Waals surface area (Å²) in [5.74, 6) is 0. The zero-order valence-electron chi connectivity index (χ0n) is 13.0. The summed E-state index contributed by atoms with van der Waals surface area (Å²) in [6.07, 6.45) is 0. The lowest BCUT2D eigenvalue weighted by Crippen LogP contribution is -1.93. The van der Waals surface area contributed by atoms with Gasteiger partial charge in [-0.1, -0.05) is 54.6 Å². The lowest BCUT2D eigenvalue weighted by Gasteiger charge is -2.08. The topological polar surface area (TPSA) is 4.93 Å². The van der Waals surface area contributed by atoms with Crippen LogP contribution in [0.25, 0.3) is 38.3 Å². The predicted molar refractivity (Wildman–Crippen MR) is 106 cm³/mol. The van der Waals surface area contributed by atoms with Gasteiger partial charge in [0.25, 0.3) is 0 Å². The van der Waals surface area contributed by atoms with E-state index < -0.39 is 0 Å². The minimum absolute atomic E-state index is 0.972. The van der Waals surface area contributed by atoms with Crippen molar-refractivity contribution in [3.8, 4) is 5.69 Å². The number of fused-ring (bicyclic) bond motifs is 5. The summed E-state index contributed by atoms with van der Waals surface area (Å²) in [7, 11) is 0. The van der Waals surface area contributed by atoms with Gasteiger partial charge < -0.3 is 4.57 Å². The minimum Gasteiger partial charge on any atom is -0.309 e. The van der Waals surface area contributed by atoms with Crippen LogP contribution in [0.1, 0.15) is 0 Å². The van der Waals surface area contributed by atoms with E-state index in [4.69, 9.17) is 0 Å². The first-order valence-electron chi connectivity index (χ1n) is 8.03. The van der Waals surface area contributed by atoms with Crippen LogP contribution in [0.2, 0.25) is 0 Å². The highest BCUT2D eigenvalue weighted by Gasteiger charge is 2.14. The Labute approximate surface area is 145 Å². The number of thiol groups is 1. The van der Waals surface area contributed by atoms with Crippen molar-refractivity contribution < 1.29 is 0 Å². The third-order valence-corrected chi connectivity index (χ3v) is 4.93. The molecule has 0 saturated heterocycles. The van der Waals surface area contributed by atoms with Crippen LogP contribution in [-0.4, -0.2) is 4.57 Å². The molecule has 0 unspecified atom stereocenters. The first-order valence-corrected chi connectivity index (χ1v) is 8.48. The van der Waals surface area contributed by atoms with E-state index >= 15 is 0 Å². The fraction of sp³-hybridized carbons (Fsp3) is 0. The molecule has 0 aliphatic heterocycles. The lowest BCUT2D eigenvalue weighted by atomic mass is 10.0. The van der Waals surface area contributed by atoms with Gasteiger partial charge in [-0.05, 0) is 41.1 Å². The van der Waals surface area contributed by atoms with E-state index in [9.17, 15) is 0 Å². The summed E-state index contributed by atoms with van der Waals surface area (Å²) >= 11 is 4.52. The fourth-order valence-electron chi connectivity index (χ4n) is 3.65. The third-order valence-electron chi connectivity index (χ3n) is 4.65. The molecular weight excluding hydrogens is 310 g/mol. The van der Waals surface area contributed by atoms with E-state index in [1.807, 2.05) is 6.07 Å². The molecule has 1 heterocycles. The monoisotopic (exact) mass is 325 g/mol. The molecule has 0 fully saturated rings. The zero-order chi connectivity index (χ0) is 16.1. The van der Waals surface area contributed by atoms with Crippen LogP contribution in [0.4, 0.5) is 0 Å². The zero-order valence-corrected chi connectivity index (χ0v) is 13.9. The standard InChI is InChI=1S/C22H15NS/c24-17-8-5-7-16(14-17)23-20-11-4-3-10-19(20)22-18-9-2-1-6-15(18)12-13-21(22)23/h1-14,24H. The Balaban J connectivity index is 2.04. The molecule has 0 amide bonds. The Morgan fingerprint density at radius 3 is 2.29 bits per heavy atom. The number of hydrogen-bond acceptors (Lipinski definition) is 1. The average molecular weight is 325 g/mol. The second kappa shape index (κ2) is 5.15. The van der Waals surface area contributed by atoms with Crippen molar-refractivity contribution in [1.82, 2.24) is 4.57 Å². The van der Waals surface area contributed by atoms with E-state index in [1.165, 1.54) is 32.6 Å². The molecule has 0 N–H and O–H groups in total. The summed E-state index contributed by atoms with van der Waals surface area (Å²) in [4.78, 5) is 0.972. The first-order chi connectivity index (χ1) is 11.8. The van der Waals surface area contributed by atoms with Crippen LogP contribution >= 0.6 is 12.6 Å². The maximum absolute atomic E-state index is 4.52. The molecule has 5 aromatic rings. The van der Waals surface area contributed by atoms with Gasteiger partial charge in [-0.25, -0.2) is 0 Å². The Hall–Kier alpha value is -2.71. The molecule has 24 heavy (non-hydrogen) atoms.